The van der Waals surface area contributed by atoms with Crippen LogP contribution in [0.2, 0.25) is 0 Å². The Morgan fingerprint density at radius 3 is 1.87 bits per heavy atom. The quantitative estimate of drug-likeness (QED) is 0.182. The fourth-order valence-electron chi connectivity index (χ4n) is 15.2. The van der Waals surface area contributed by atoms with E-state index >= 15 is 0 Å². The molecule has 7 aliphatic rings. The second kappa shape index (κ2) is 13.8. The Labute approximate surface area is 326 Å². The van der Waals surface area contributed by atoms with Gasteiger partial charge in [-0.25, -0.2) is 0 Å². The molecule has 21 atom stereocenters. The van der Waals surface area contributed by atoms with Crippen molar-refractivity contribution in [1.82, 2.24) is 0 Å². The molecule has 0 aromatic heterocycles. The van der Waals surface area contributed by atoms with E-state index in [1.807, 2.05) is 13.8 Å². The van der Waals surface area contributed by atoms with Crippen LogP contribution in [-0.2, 0) is 18.9 Å². The molecule has 9 N–H and O–H groups in total. The molecule has 0 spiro atoms. The molecule has 5 saturated carbocycles. The molecule has 55 heavy (non-hydrogen) atoms. The Balaban J connectivity index is 1.30. The molecule has 7 fully saturated rings. The summed E-state index contributed by atoms with van der Waals surface area (Å²) in [6.45, 7) is 19.6. The largest absolute Gasteiger partial charge is 0.394 e. The molecule has 0 aromatic carbocycles. The number of fused-ring (bicyclic) bond motifs is 7. The Bertz CT molecular complexity index is 1430. The summed E-state index contributed by atoms with van der Waals surface area (Å²) in [4.78, 5) is 0. The number of ether oxygens (including phenoxy) is 4. The van der Waals surface area contributed by atoms with Gasteiger partial charge in [0.25, 0.3) is 0 Å². The molecule has 318 valence electrons. The highest BCUT2D eigenvalue weighted by Gasteiger charge is 2.76. The van der Waals surface area contributed by atoms with E-state index in [0.29, 0.717) is 18.8 Å². The molecular weight excluding hydrogens is 712 g/mol. The highest BCUT2D eigenvalue weighted by Crippen LogP contribution is 2.80. The van der Waals surface area contributed by atoms with Crippen LogP contribution >= 0.6 is 0 Å². The number of rotatable bonds is 5. The second-order valence-electron chi connectivity index (χ2n) is 21.5. The highest BCUT2D eigenvalue weighted by atomic mass is 16.7. The van der Waals surface area contributed by atoms with Crippen LogP contribution in [0.5, 0.6) is 0 Å². The Morgan fingerprint density at radius 2 is 1.22 bits per heavy atom. The van der Waals surface area contributed by atoms with Gasteiger partial charge in [-0.05, 0) is 107 Å². The highest BCUT2D eigenvalue weighted by molar-refractivity contribution is 5.24. The zero-order valence-corrected chi connectivity index (χ0v) is 34.5. The van der Waals surface area contributed by atoms with Crippen LogP contribution in [-0.4, -0.2) is 139 Å². The number of aliphatic hydroxyl groups excluding tert-OH is 9. The summed E-state index contributed by atoms with van der Waals surface area (Å²) in [5.74, 6) is 0.166. The van der Waals surface area contributed by atoms with E-state index in [9.17, 15) is 46.0 Å². The smallest absolute Gasteiger partial charge is 0.187 e. The third-order valence-electron chi connectivity index (χ3n) is 18.9. The normalized spacial score (nSPS) is 58.8. The maximum absolute atomic E-state index is 12.3. The Kier molecular flexibility index (Phi) is 10.7. The molecule has 2 saturated heterocycles. The van der Waals surface area contributed by atoms with Gasteiger partial charge in [0.2, 0.25) is 0 Å². The number of aliphatic hydroxyl groups is 9. The summed E-state index contributed by atoms with van der Waals surface area (Å²) < 4.78 is 25.1. The van der Waals surface area contributed by atoms with Gasteiger partial charge in [-0.1, -0.05) is 62.3 Å². The fourth-order valence-corrected chi connectivity index (χ4v) is 15.2. The lowest BCUT2D eigenvalue weighted by Gasteiger charge is -2.78. The van der Waals surface area contributed by atoms with E-state index in [0.717, 1.165) is 38.5 Å². The van der Waals surface area contributed by atoms with Crippen molar-refractivity contribution in [2.75, 3.05) is 13.2 Å². The first-order chi connectivity index (χ1) is 25.4. The SMILES string of the molecule is CC1(C)C(O)C(OC2OC(CO)C(O)C(O)C2O)CC2(C)C1C(OC1OCC(O)C(O)C1O)CC1(C)C2CCC2C1(C)CCC1(C)C(C)(C)C(O)CCC21C. The van der Waals surface area contributed by atoms with Gasteiger partial charge in [0.15, 0.2) is 12.6 Å². The van der Waals surface area contributed by atoms with Gasteiger partial charge in [0.05, 0.1) is 37.6 Å². The minimum atomic E-state index is -1.63. The van der Waals surface area contributed by atoms with Crippen molar-refractivity contribution in [3.8, 4) is 0 Å². The minimum absolute atomic E-state index is 0.0511. The predicted octanol–water partition coefficient (Wildman–Crippen LogP) is 1.84. The van der Waals surface area contributed by atoms with E-state index in [1.165, 1.54) is 0 Å². The van der Waals surface area contributed by atoms with Crippen molar-refractivity contribution in [3.63, 3.8) is 0 Å². The van der Waals surface area contributed by atoms with Crippen LogP contribution in [0.1, 0.15) is 114 Å². The molecule has 21 unspecified atom stereocenters. The van der Waals surface area contributed by atoms with Crippen molar-refractivity contribution in [2.45, 2.75) is 193 Å². The van der Waals surface area contributed by atoms with Crippen molar-refractivity contribution < 1.29 is 64.9 Å². The van der Waals surface area contributed by atoms with E-state index in [1.54, 1.807) is 0 Å². The van der Waals surface area contributed by atoms with Gasteiger partial charge in [-0.2, -0.15) is 0 Å². The Morgan fingerprint density at radius 1 is 0.600 bits per heavy atom. The third-order valence-corrected chi connectivity index (χ3v) is 18.9. The van der Waals surface area contributed by atoms with Gasteiger partial charge in [-0.15, -0.1) is 0 Å². The lowest BCUT2D eigenvalue weighted by atomic mass is 9.27. The van der Waals surface area contributed by atoms with Crippen LogP contribution in [0.25, 0.3) is 0 Å². The molecule has 0 aromatic rings. The zero-order chi connectivity index (χ0) is 40.6. The van der Waals surface area contributed by atoms with E-state index in [-0.39, 0.29) is 51.6 Å². The fraction of sp³-hybridized carbons (Fsp3) is 1.00. The van der Waals surface area contributed by atoms with Gasteiger partial charge in [0, 0.05) is 0 Å². The van der Waals surface area contributed by atoms with Gasteiger partial charge in [-0.3, -0.25) is 0 Å². The molecule has 0 amide bonds. The molecule has 13 nitrogen and oxygen atoms in total. The van der Waals surface area contributed by atoms with Gasteiger partial charge >= 0.3 is 0 Å². The number of hydrogen-bond acceptors (Lipinski definition) is 13. The molecular formula is C42H72O13. The van der Waals surface area contributed by atoms with Crippen LogP contribution < -0.4 is 0 Å². The minimum Gasteiger partial charge on any atom is -0.394 e. The first-order valence-corrected chi connectivity index (χ1v) is 21.0. The van der Waals surface area contributed by atoms with Crippen molar-refractivity contribution in [2.24, 2.45) is 55.7 Å². The third kappa shape index (κ3) is 5.72. The average Bonchev–Trinajstić information content (AvgIpc) is 3.11. The molecule has 5 aliphatic carbocycles. The summed E-state index contributed by atoms with van der Waals surface area (Å²) in [7, 11) is 0. The summed E-state index contributed by atoms with van der Waals surface area (Å²) >= 11 is 0. The standard InChI is InChI=1S/C42H72O13/c1-36(2)32-21(53-34-30(49)27(46)20(44)19-52-34)17-41(8)24(10-11-25-39(41,6)14-15-42(9)37(3,4)26(45)12-13-40(25,42)7)38(32,5)16-22(33(36)51)54-35-31(50)29(48)28(47)23(18-43)55-35/h20-35,43-51H,10-19H2,1-9H3. The maximum Gasteiger partial charge on any atom is 0.187 e. The predicted molar refractivity (Wildman–Crippen MR) is 199 cm³/mol. The molecule has 7 rings (SSSR count). The molecule has 0 bridgehead atoms. The molecule has 2 aliphatic heterocycles. The van der Waals surface area contributed by atoms with Gasteiger partial charge < -0.3 is 64.9 Å². The van der Waals surface area contributed by atoms with Crippen molar-refractivity contribution >= 4 is 0 Å². The van der Waals surface area contributed by atoms with E-state index < -0.39 is 91.1 Å². The first kappa shape index (κ1) is 42.6. The average molecular weight is 785 g/mol. The van der Waals surface area contributed by atoms with E-state index in [2.05, 4.69) is 48.5 Å². The maximum atomic E-state index is 12.3. The van der Waals surface area contributed by atoms with Crippen LogP contribution in [0.3, 0.4) is 0 Å². The topological polar surface area (TPSA) is 219 Å². The molecule has 2 heterocycles. The monoisotopic (exact) mass is 784 g/mol. The van der Waals surface area contributed by atoms with E-state index in [4.69, 9.17) is 18.9 Å². The lowest BCUT2D eigenvalue weighted by Crippen LogP contribution is -2.74. The Hall–Kier alpha value is -0.520. The summed E-state index contributed by atoms with van der Waals surface area (Å²) in [5.41, 5.74) is -2.37. The summed E-state index contributed by atoms with van der Waals surface area (Å²) in [5, 5.41) is 97.8. The molecule has 0 radical (unpaired) electrons. The number of hydrogen-bond donors (Lipinski definition) is 9. The summed E-state index contributed by atoms with van der Waals surface area (Å²) in [6.07, 6.45) is -9.18. The van der Waals surface area contributed by atoms with Crippen LogP contribution in [0, 0.1) is 55.7 Å². The molecule has 13 heteroatoms. The van der Waals surface area contributed by atoms with Crippen LogP contribution in [0.15, 0.2) is 0 Å². The zero-order valence-electron chi connectivity index (χ0n) is 34.5. The lowest BCUT2D eigenvalue weighted by molar-refractivity contribution is -0.362. The summed E-state index contributed by atoms with van der Waals surface area (Å²) in [6, 6.07) is 0. The van der Waals surface area contributed by atoms with Crippen LogP contribution in [0.4, 0.5) is 0 Å². The second-order valence-corrected chi connectivity index (χ2v) is 21.5. The van der Waals surface area contributed by atoms with Gasteiger partial charge in [0.1, 0.15) is 42.7 Å². The van der Waals surface area contributed by atoms with Crippen molar-refractivity contribution in [1.29, 1.82) is 0 Å². The first-order valence-electron chi connectivity index (χ1n) is 21.0. The van der Waals surface area contributed by atoms with Crippen molar-refractivity contribution in [3.05, 3.63) is 0 Å².